The van der Waals surface area contributed by atoms with E-state index >= 15 is 0 Å². The van der Waals surface area contributed by atoms with E-state index in [0.29, 0.717) is 27.8 Å². The molecule has 0 aliphatic carbocycles. The number of hydrogen-bond acceptors (Lipinski definition) is 3. The summed E-state index contributed by atoms with van der Waals surface area (Å²) < 4.78 is 5.70. The number of nitrogens with one attached hydrogen (secondary N) is 1. The Morgan fingerprint density at radius 3 is 2.59 bits per heavy atom. The number of carboxylic acid groups (broad SMARTS) is 1. The standard InChI is InChI=1S/C21H16ClNO4/c1-13-15(21(25)26)6-4-8-18(13)23-20(24)12-10-14-9-11-19(27-14)16-5-2-3-7-17(16)22/h2-12H,1H3,(H,23,24)(H,25,26)/b12-10+. The lowest BCUT2D eigenvalue weighted by Crippen LogP contribution is -2.11. The highest BCUT2D eigenvalue weighted by molar-refractivity contribution is 6.33. The van der Waals surface area contributed by atoms with Gasteiger partial charge >= 0.3 is 5.97 Å². The molecular formula is C21H16ClNO4. The van der Waals surface area contributed by atoms with Gasteiger partial charge in [-0.15, -0.1) is 0 Å². The molecule has 0 saturated heterocycles. The van der Waals surface area contributed by atoms with E-state index in [2.05, 4.69) is 5.32 Å². The van der Waals surface area contributed by atoms with Crippen LogP contribution < -0.4 is 5.32 Å². The molecule has 0 unspecified atom stereocenters. The van der Waals surface area contributed by atoms with Gasteiger partial charge in [0.1, 0.15) is 11.5 Å². The smallest absolute Gasteiger partial charge is 0.336 e. The first-order chi connectivity index (χ1) is 13.0. The van der Waals surface area contributed by atoms with Crippen LogP contribution in [0.3, 0.4) is 0 Å². The highest BCUT2D eigenvalue weighted by atomic mass is 35.5. The summed E-state index contributed by atoms with van der Waals surface area (Å²) in [4.78, 5) is 23.3. The van der Waals surface area contributed by atoms with Crippen LogP contribution in [0, 0.1) is 6.92 Å². The number of anilines is 1. The SMILES string of the molecule is Cc1c(NC(=O)/C=C/c2ccc(-c3ccccc3Cl)o2)cccc1C(=O)O. The number of carboxylic acids is 1. The monoisotopic (exact) mass is 381 g/mol. The molecule has 3 rings (SSSR count). The van der Waals surface area contributed by atoms with Gasteiger partial charge in [0.2, 0.25) is 5.91 Å². The second-order valence-corrected chi connectivity index (χ2v) is 6.19. The van der Waals surface area contributed by atoms with E-state index in [9.17, 15) is 9.59 Å². The van der Waals surface area contributed by atoms with E-state index in [1.54, 1.807) is 37.3 Å². The minimum Gasteiger partial charge on any atom is -0.478 e. The summed E-state index contributed by atoms with van der Waals surface area (Å²) in [5, 5.41) is 12.4. The Hall–Kier alpha value is -3.31. The van der Waals surface area contributed by atoms with Gasteiger partial charge in [-0.3, -0.25) is 4.79 Å². The third-order valence-electron chi connectivity index (χ3n) is 3.99. The number of carbonyl (C=O) groups excluding carboxylic acids is 1. The molecule has 136 valence electrons. The van der Waals surface area contributed by atoms with E-state index in [1.807, 2.05) is 18.2 Å². The Labute approximate surface area is 160 Å². The van der Waals surface area contributed by atoms with Gasteiger partial charge in [-0.05, 0) is 55.0 Å². The molecule has 2 N–H and O–H groups in total. The minimum absolute atomic E-state index is 0.146. The van der Waals surface area contributed by atoms with Crippen LogP contribution in [0.15, 0.2) is 65.1 Å². The molecule has 5 nitrogen and oxygen atoms in total. The van der Waals surface area contributed by atoms with E-state index in [-0.39, 0.29) is 5.56 Å². The topological polar surface area (TPSA) is 79.5 Å². The summed E-state index contributed by atoms with van der Waals surface area (Å²) in [6.45, 7) is 1.64. The molecule has 0 bridgehead atoms. The molecule has 0 aliphatic heterocycles. The van der Waals surface area contributed by atoms with E-state index in [1.165, 1.54) is 18.2 Å². The predicted octanol–water partition coefficient (Wildman–Crippen LogP) is 5.26. The summed E-state index contributed by atoms with van der Waals surface area (Å²) in [5.74, 6) is -0.333. The lowest BCUT2D eigenvalue weighted by molar-refractivity contribution is -0.111. The van der Waals surface area contributed by atoms with Crippen molar-refractivity contribution < 1.29 is 19.1 Å². The van der Waals surface area contributed by atoms with E-state index in [4.69, 9.17) is 21.1 Å². The fourth-order valence-corrected chi connectivity index (χ4v) is 2.81. The van der Waals surface area contributed by atoms with Gasteiger partial charge in [-0.2, -0.15) is 0 Å². The van der Waals surface area contributed by atoms with Crippen LogP contribution in [0.5, 0.6) is 0 Å². The van der Waals surface area contributed by atoms with Crippen molar-refractivity contribution >= 4 is 35.2 Å². The molecule has 0 fully saturated rings. The third-order valence-corrected chi connectivity index (χ3v) is 4.32. The molecular weight excluding hydrogens is 366 g/mol. The minimum atomic E-state index is -1.04. The van der Waals surface area contributed by atoms with Gasteiger partial charge in [-0.1, -0.05) is 29.8 Å². The fraction of sp³-hybridized carbons (Fsp3) is 0.0476. The average molecular weight is 382 g/mol. The van der Waals surface area contributed by atoms with Crippen molar-refractivity contribution in [3.8, 4) is 11.3 Å². The summed E-state index contributed by atoms with van der Waals surface area (Å²) in [6.07, 6.45) is 2.86. The molecule has 0 radical (unpaired) electrons. The fourth-order valence-electron chi connectivity index (χ4n) is 2.58. The summed E-state index contributed by atoms with van der Waals surface area (Å²) in [6, 6.07) is 15.5. The Morgan fingerprint density at radius 1 is 1.07 bits per heavy atom. The number of hydrogen-bond donors (Lipinski definition) is 2. The number of amides is 1. The number of rotatable bonds is 5. The Morgan fingerprint density at radius 2 is 1.85 bits per heavy atom. The van der Waals surface area contributed by atoms with Gasteiger partial charge in [0.05, 0.1) is 10.6 Å². The molecule has 0 spiro atoms. The van der Waals surface area contributed by atoms with Crippen LogP contribution >= 0.6 is 11.6 Å². The molecule has 6 heteroatoms. The zero-order valence-corrected chi connectivity index (χ0v) is 15.2. The maximum Gasteiger partial charge on any atom is 0.336 e. The Kier molecular flexibility index (Phi) is 5.43. The number of carbonyl (C=O) groups is 2. The van der Waals surface area contributed by atoms with Crippen LogP contribution in [-0.2, 0) is 4.79 Å². The predicted molar refractivity (Wildman–Crippen MR) is 105 cm³/mol. The Balaban J connectivity index is 1.72. The van der Waals surface area contributed by atoms with E-state index in [0.717, 1.165) is 5.56 Å². The van der Waals surface area contributed by atoms with Gasteiger partial charge in [0.25, 0.3) is 0 Å². The first-order valence-electron chi connectivity index (χ1n) is 8.12. The molecule has 1 amide bonds. The lowest BCUT2D eigenvalue weighted by Gasteiger charge is -2.08. The van der Waals surface area contributed by atoms with Gasteiger partial charge in [0.15, 0.2) is 0 Å². The van der Waals surface area contributed by atoms with Crippen LogP contribution in [-0.4, -0.2) is 17.0 Å². The van der Waals surface area contributed by atoms with Gasteiger partial charge in [0, 0.05) is 17.3 Å². The molecule has 0 saturated carbocycles. The van der Waals surface area contributed by atoms with Crippen molar-refractivity contribution in [3.05, 3.63) is 82.6 Å². The maximum absolute atomic E-state index is 12.1. The zero-order chi connectivity index (χ0) is 19.4. The van der Waals surface area contributed by atoms with Gasteiger partial charge < -0.3 is 14.8 Å². The third kappa shape index (κ3) is 4.27. The number of furan rings is 1. The average Bonchev–Trinajstić information content (AvgIpc) is 3.10. The largest absolute Gasteiger partial charge is 0.478 e. The van der Waals surface area contributed by atoms with Crippen molar-refractivity contribution in [3.63, 3.8) is 0 Å². The normalized spacial score (nSPS) is 10.9. The highest BCUT2D eigenvalue weighted by Crippen LogP contribution is 2.29. The molecule has 1 heterocycles. The summed E-state index contributed by atoms with van der Waals surface area (Å²) >= 11 is 6.15. The van der Waals surface area contributed by atoms with Crippen molar-refractivity contribution in [2.45, 2.75) is 6.92 Å². The van der Waals surface area contributed by atoms with Crippen LogP contribution in [0.1, 0.15) is 21.7 Å². The summed E-state index contributed by atoms with van der Waals surface area (Å²) in [5.41, 5.74) is 1.85. The quantitative estimate of drug-likeness (QED) is 0.591. The van der Waals surface area contributed by atoms with Crippen molar-refractivity contribution in [2.75, 3.05) is 5.32 Å². The molecule has 2 aromatic carbocycles. The van der Waals surface area contributed by atoms with Crippen molar-refractivity contribution in [1.29, 1.82) is 0 Å². The zero-order valence-electron chi connectivity index (χ0n) is 14.4. The maximum atomic E-state index is 12.1. The Bertz CT molecular complexity index is 1040. The molecule has 0 atom stereocenters. The molecule has 0 aliphatic rings. The van der Waals surface area contributed by atoms with Crippen LogP contribution in [0.4, 0.5) is 5.69 Å². The highest BCUT2D eigenvalue weighted by Gasteiger charge is 2.11. The first-order valence-corrected chi connectivity index (χ1v) is 8.50. The molecule has 27 heavy (non-hydrogen) atoms. The van der Waals surface area contributed by atoms with Crippen molar-refractivity contribution in [1.82, 2.24) is 0 Å². The lowest BCUT2D eigenvalue weighted by atomic mass is 10.1. The first kappa shape index (κ1) is 18.5. The van der Waals surface area contributed by atoms with Crippen LogP contribution in [0.25, 0.3) is 17.4 Å². The number of benzene rings is 2. The van der Waals surface area contributed by atoms with Crippen molar-refractivity contribution in [2.24, 2.45) is 0 Å². The van der Waals surface area contributed by atoms with Gasteiger partial charge in [-0.25, -0.2) is 4.79 Å². The second-order valence-electron chi connectivity index (χ2n) is 5.79. The number of halogens is 1. The van der Waals surface area contributed by atoms with Crippen LogP contribution in [0.2, 0.25) is 5.02 Å². The number of aromatic carboxylic acids is 1. The summed E-state index contributed by atoms with van der Waals surface area (Å²) in [7, 11) is 0. The second kappa shape index (κ2) is 7.93. The molecule has 3 aromatic rings. The van der Waals surface area contributed by atoms with E-state index < -0.39 is 11.9 Å². The molecule has 1 aromatic heterocycles.